The van der Waals surface area contributed by atoms with E-state index in [0.29, 0.717) is 18.4 Å². The zero-order valence-corrected chi connectivity index (χ0v) is 12.0. The van der Waals surface area contributed by atoms with Crippen LogP contribution in [0.2, 0.25) is 0 Å². The summed E-state index contributed by atoms with van der Waals surface area (Å²) in [5.41, 5.74) is 1.42. The van der Waals surface area contributed by atoms with Gasteiger partial charge in [0.05, 0.1) is 6.04 Å². The lowest BCUT2D eigenvalue weighted by Crippen LogP contribution is -2.29. The first-order valence-electron chi connectivity index (χ1n) is 7.16. The number of carbonyl (C=O) groups is 1. The minimum absolute atomic E-state index is 0.0303. The predicted molar refractivity (Wildman–Crippen MR) is 80.2 cm³/mol. The predicted octanol–water partition coefficient (Wildman–Crippen LogP) is 3.64. The Morgan fingerprint density at radius 3 is 2.52 bits per heavy atom. The van der Waals surface area contributed by atoms with Gasteiger partial charge in [-0.1, -0.05) is 55.5 Å². The van der Waals surface area contributed by atoms with Crippen molar-refractivity contribution in [2.45, 2.75) is 25.8 Å². The zero-order chi connectivity index (χ0) is 14.9. The molecule has 0 saturated carbocycles. The molecule has 2 nitrogen and oxygen atoms in total. The summed E-state index contributed by atoms with van der Waals surface area (Å²) in [5.74, 6) is -0.174. The Hall–Kier alpha value is -2.16. The molecule has 2 atom stereocenters. The first-order valence-corrected chi connectivity index (χ1v) is 7.16. The molecule has 1 amide bonds. The smallest absolute Gasteiger partial charge is 0.221 e. The van der Waals surface area contributed by atoms with E-state index in [1.54, 1.807) is 12.1 Å². The quantitative estimate of drug-likeness (QED) is 0.915. The third kappa shape index (κ3) is 2.68. The Balaban J connectivity index is 1.94. The normalized spacial score (nSPS) is 24.9. The molecule has 2 aromatic rings. The van der Waals surface area contributed by atoms with E-state index in [4.69, 9.17) is 0 Å². The molecule has 0 aromatic heterocycles. The van der Waals surface area contributed by atoms with Crippen LogP contribution in [0.5, 0.6) is 0 Å². The van der Waals surface area contributed by atoms with Crippen LogP contribution in [-0.2, 0) is 11.2 Å². The van der Waals surface area contributed by atoms with Gasteiger partial charge in [-0.15, -0.1) is 0 Å². The summed E-state index contributed by atoms with van der Waals surface area (Å²) in [4.78, 5) is 11.9. The molecule has 2 unspecified atom stereocenters. The number of rotatable bonds is 3. The number of hydrogen-bond acceptors (Lipinski definition) is 1. The van der Waals surface area contributed by atoms with Gasteiger partial charge < -0.3 is 5.32 Å². The SMILES string of the molecule is CC1(Cc2ccccc2F)CC(=O)NC1c1ccccc1. The van der Waals surface area contributed by atoms with Crippen LogP contribution in [0.1, 0.15) is 30.5 Å². The number of benzene rings is 2. The number of carbonyl (C=O) groups excluding carboxylic acids is 1. The van der Waals surface area contributed by atoms with Gasteiger partial charge in [0.15, 0.2) is 0 Å². The largest absolute Gasteiger partial charge is 0.349 e. The molecule has 1 saturated heterocycles. The first-order chi connectivity index (χ1) is 10.1. The van der Waals surface area contributed by atoms with Crippen molar-refractivity contribution in [2.24, 2.45) is 5.41 Å². The highest BCUT2D eigenvalue weighted by atomic mass is 19.1. The van der Waals surface area contributed by atoms with Gasteiger partial charge in [0.25, 0.3) is 0 Å². The number of amides is 1. The van der Waals surface area contributed by atoms with Crippen molar-refractivity contribution in [3.63, 3.8) is 0 Å². The Bertz CT molecular complexity index is 655. The lowest BCUT2D eigenvalue weighted by atomic mass is 9.74. The van der Waals surface area contributed by atoms with E-state index in [0.717, 1.165) is 5.56 Å². The van der Waals surface area contributed by atoms with Crippen molar-refractivity contribution in [2.75, 3.05) is 0 Å². The minimum Gasteiger partial charge on any atom is -0.349 e. The molecule has 108 valence electrons. The summed E-state index contributed by atoms with van der Waals surface area (Å²) < 4.78 is 13.9. The van der Waals surface area contributed by atoms with Gasteiger partial charge in [-0.3, -0.25) is 4.79 Å². The fourth-order valence-corrected chi connectivity index (χ4v) is 3.23. The van der Waals surface area contributed by atoms with E-state index in [1.807, 2.05) is 36.4 Å². The van der Waals surface area contributed by atoms with E-state index < -0.39 is 0 Å². The van der Waals surface area contributed by atoms with Crippen molar-refractivity contribution in [3.8, 4) is 0 Å². The second-order valence-electron chi connectivity index (χ2n) is 6.01. The molecule has 1 N–H and O–H groups in total. The maximum atomic E-state index is 13.9. The summed E-state index contributed by atoms with van der Waals surface area (Å²) in [6.07, 6.45) is 0.957. The second-order valence-corrected chi connectivity index (χ2v) is 6.01. The van der Waals surface area contributed by atoms with Crippen molar-refractivity contribution < 1.29 is 9.18 Å². The van der Waals surface area contributed by atoms with E-state index in [-0.39, 0.29) is 23.2 Å². The monoisotopic (exact) mass is 283 g/mol. The average molecular weight is 283 g/mol. The molecule has 0 aliphatic carbocycles. The molecule has 3 rings (SSSR count). The minimum atomic E-state index is -0.319. The molecular weight excluding hydrogens is 265 g/mol. The van der Waals surface area contributed by atoms with Crippen molar-refractivity contribution in [1.82, 2.24) is 5.32 Å². The van der Waals surface area contributed by atoms with E-state index >= 15 is 0 Å². The van der Waals surface area contributed by atoms with Gasteiger partial charge in [0.2, 0.25) is 5.91 Å². The third-order valence-electron chi connectivity index (χ3n) is 4.25. The van der Waals surface area contributed by atoms with Gasteiger partial charge >= 0.3 is 0 Å². The highest BCUT2D eigenvalue weighted by Crippen LogP contribution is 2.44. The standard InChI is InChI=1S/C18H18FNO/c1-18(11-14-9-5-6-10-15(14)19)12-16(21)20-17(18)13-7-3-2-4-8-13/h2-10,17H,11-12H2,1H3,(H,20,21). The number of nitrogens with one attached hydrogen (secondary N) is 1. The van der Waals surface area contributed by atoms with E-state index in [9.17, 15) is 9.18 Å². The number of hydrogen-bond donors (Lipinski definition) is 1. The fraction of sp³-hybridized carbons (Fsp3) is 0.278. The van der Waals surface area contributed by atoms with Gasteiger partial charge in [0.1, 0.15) is 5.82 Å². The summed E-state index contributed by atoms with van der Waals surface area (Å²) in [6, 6.07) is 16.6. The van der Waals surface area contributed by atoms with Crippen LogP contribution in [0.15, 0.2) is 54.6 Å². The number of halogens is 1. The zero-order valence-electron chi connectivity index (χ0n) is 12.0. The fourth-order valence-electron chi connectivity index (χ4n) is 3.23. The van der Waals surface area contributed by atoms with Crippen molar-refractivity contribution in [1.29, 1.82) is 0 Å². The molecule has 1 heterocycles. The molecule has 1 aliphatic heterocycles. The van der Waals surface area contributed by atoms with Gasteiger partial charge in [-0.25, -0.2) is 4.39 Å². The van der Waals surface area contributed by atoms with Crippen LogP contribution < -0.4 is 5.32 Å². The van der Waals surface area contributed by atoms with Crippen LogP contribution in [0.25, 0.3) is 0 Å². The van der Waals surface area contributed by atoms with Crippen LogP contribution in [0.4, 0.5) is 4.39 Å². The molecular formula is C18H18FNO. The lowest BCUT2D eigenvalue weighted by Gasteiger charge is -2.30. The Labute approximate surface area is 124 Å². The van der Waals surface area contributed by atoms with Crippen LogP contribution in [-0.4, -0.2) is 5.91 Å². The molecule has 0 radical (unpaired) electrons. The molecule has 3 heteroatoms. The molecule has 1 fully saturated rings. The summed E-state index contributed by atoms with van der Waals surface area (Å²) >= 11 is 0. The Morgan fingerprint density at radius 2 is 1.81 bits per heavy atom. The molecule has 21 heavy (non-hydrogen) atoms. The maximum Gasteiger partial charge on any atom is 0.221 e. The van der Waals surface area contributed by atoms with Gasteiger partial charge in [0, 0.05) is 11.8 Å². The summed E-state index contributed by atoms with van der Waals surface area (Å²) in [7, 11) is 0. The van der Waals surface area contributed by atoms with Gasteiger partial charge in [-0.05, 0) is 23.6 Å². The average Bonchev–Trinajstić information content (AvgIpc) is 2.77. The van der Waals surface area contributed by atoms with Crippen LogP contribution in [0, 0.1) is 11.2 Å². The van der Waals surface area contributed by atoms with Crippen LogP contribution >= 0.6 is 0 Å². The molecule has 0 bridgehead atoms. The van der Waals surface area contributed by atoms with E-state index in [2.05, 4.69) is 12.2 Å². The first kappa shape index (κ1) is 13.8. The molecule has 1 aliphatic rings. The Kier molecular flexibility index (Phi) is 3.50. The highest BCUT2D eigenvalue weighted by molar-refractivity contribution is 5.80. The van der Waals surface area contributed by atoms with Crippen molar-refractivity contribution >= 4 is 5.91 Å². The maximum absolute atomic E-state index is 13.9. The van der Waals surface area contributed by atoms with Crippen LogP contribution in [0.3, 0.4) is 0 Å². The summed E-state index contributed by atoms with van der Waals surface area (Å²) in [6.45, 7) is 2.05. The summed E-state index contributed by atoms with van der Waals surface area (Å²) in [5, 5.41) is 3.04. The third-order valence-corrected chi connectivity index (χ3v) is 4.25. The van der Waals surface area contributed by atoms with E-state index in [1.165, 1.54) is 6.07 Å². The second kappa shape index (κ2) is 5.32. The lowest BCUT2D eigenvalue weighted by molar-refractivity contribution is -0.119. The highest BCUT2D eigenvalue weighted by Gasteiger charge is 2.44. The Morgan fingerprint density at radius 1 is 1.14 bits per heavy atom. The van der Waals surface area contributed by atoms with Crippen molar-refractivity contribution in [3.05, 3.63) is 71.5 Å². The molecule has 0 spiro atoms. The topological polar surface area (TPSA) is 29.1 Å². The molecule has 2 aromatic carbocycles. The van der Waals surface area contributed by atoms with Gasteiger partial charge in [-0.2, -0.15) is 0 Å².